The maximum atomic E-state index is 15.2. The molecule has 1 nitrogen and oxygen atoms in total. The molecule has 0 aliphatic rings. The summed E-state index contributed by atoms with van der Waals surface area (Å²) in [6.07, 6.45) is 7.09. The Balaban J connectivity index is 1.44. The Morgan fingerprint density at radius 1 is 0.771 bits per heavy atom. The molecule has 0 heterocycles. The van der Waals surface area contributed by atoms with Crippen molar-refractivity contribution < 1.29 is 13.5 Å². The van der Waals surface area contributed by atoms with E-state index in [1.807, 2.05) is 42.5 Å². The first-order valence-electron chi connectivity index (χ1n) is 12.4. The number of hydrogen-bond acceptors (Lipinski definition) is 1. The van der Waals surface area contributed by atoms with Gasteiger partial charge < -0.3 is 4.74 Å². The van der Waals surface area contributed by atoms with Gasteiger partial charge in [0.2, 0.25) is 0 Å². The third-order valence-electron chi connectivity index (χ3n) is 6.40. The lowest BCUT2D eigenvalue weighted by Gasteiger charge is -2.11. The molecule has 0 atom stereocenters. The van der Waals surface area contributed by atoms with Crippen molar-refractivity contribution in [1.29, 1.82) is 0 Å². The van der Waals surface area contributed by atoms with Crippen LogP contribution in [0.4, 0.5) is 8.78 Å². The van der Waals surface area contributed by atoms with Crippen molar-refractivity contribution in [3.05, 3.63) is 101 Å². The first-order chi connectivity index (χ1) is 17.0. The topological polar surface area (TPSA) is 9.23 Å². The number of aryl methyl sites for hydroxylation is 2. The molecule has 0 radical (unpaired) electrons. The predicted molar refractivity (Wildman–Crippen MR) is 142 cm³/mol. The lowest BCUT2D eigenvalue weighted by Crippen LogP contribution is -1.98. The summed E-state index contributed by atoms with van der Waals surface area (Å²) < 4.78 is 35.8. The molecule has 0 N–H and O–H groups in total. The molecule has 4 heteroatoms. The summed E-state index contributed by atoms with van der Waals surface area (Å²) in [5.41, 5.74) is 2.98. The zero-order valence-corrected chi connectivity index (χ0v) is 20.9. The molecule has 0 fully saturated rings. The zero-order valence-electron chi connectivity index (χ0n) is 20.1. The van der Waals surface area contributed by atoms with Crippen LogP contribution in [0.15, 0.2) is 72.8 Å². The Bertz CT molecular complexity index is 1270. The first-order valence-corrected chi connectivity index (χ1v) is 12.8. The fourth-order valence-electron chi connectivity index (χ4n) is 4.34. The fraction of sp³-hybridized carbons (Fsp3) is 0.290. The van der Waals surface area contributed by atoms with Crippen LogP contribution in [-0.2, 0) is 12.8 Å². The van der Waals surface area contributed by atoms with Crippen LogP contribution in [0.3, 0.4) is 0 Å². The molecule has 4 aromatic rings. The third kappa shape index (κ3) is 6.61. The maximum Gasteiger partial charge on any atom is 0.134 e. The molecule has 182 valence electrons. The molecule has 0 aromatic heterocycles. The van der Waals surface area contributed by atoms with Gasteiger partial charge in [0.15, 0.2) is 0 Å². The lowest BCUT2D eigenvalue weighted by atomic mass is 9.97. The standard InChI is InChI=1S/C31H31ClF2O/c1-2-3-4-5-6-19-35-27-16-18-28(30(33)21-27)24-13-17-29-25(20-24)12-11-23(31(29)34)10-7-22-8-14-26(32)15-9-22/h8-9,11-18,20-21H,2-7,10,19H2,1H3. The summed E-state index contributed by atoms with van der Waals surface area (Å²) in [7, 11) is 0. The van der Waals surface area contributed by atoms with Gasteiger partial charge >= 0.3 is 0 Å². The van der Waals surface area contributed by atoms with E-state index in [1.165, 1.54) is 25.3 Å². The van der Waals surface area contributed by atoms with Crippen LogP contribution in [-0.4, -0.2) is 6.61 Å². The Hall–Kier alpha value is -2.91. The number of fused-ring (bicyclic) bond motifs is 1. The molecule has 0 aliphatic heterocycles. The van der Waals surface area contributed by atoms with Crippen molar-refractivity contribution in [2.75, 3.05) is 6.61 Å². The van der Waals surface area contributed by atoms with Crippen molar-refractivity contribution in [3.8, 4) is 16.9 Å². The average molecular weight is 493 g/mol. The lowest BCUT2D eigenvalue weighted by molar-refractivity contribution is 0.303. The number of benzene rings is 4. The molecular formula is C31H31ClF2O. The van der Waals surface area contributed by atoms with Crippen LogP contribution in [0.25, 0.3) is 21.9 Å². The second-order valence-electron chi connectivity index (χ2n) is 9.01. The molecule has 0 saturated carbocycles. The van der Waals surface area contributed by atoms with E-state index < -0.39 is 0 Å². The van der Waals surface area contributed by atoms with E-state index in [-0.39, 0.29) is 11.6 Å². The van der Waals surface area contributed by atoms with Gasteiger partial charge in [-0.15, -0.1) is 0 Å². The normalized spacial score (nSPS) is 11.2. The van der Waals surface area contributed by atoms with Gasteiger partial charge in [-0.3, -0.25) is 0 Å². The van der Waals surface area contributed by atoms with E-state index in [1.54, 1.807) is 24.3 Å². The summed E-state index contributed by atoms with van der Waals surface area (Å²) in [5.74, 6) is -0.0158. The summed E-state index contributed by atoms with van der Waals surface area (Å²) in [6.45, 7) is 2.78. The molecular weight excluding hydrogens is 462 g/mol. The van der Waals surface area contributed by atoms with Gasteiger partial charge in [-0.1, -0.05) is 80.6 Å². The second kappa shape index (κ2) is 12.2. The number of hydrogen-bond donors (Lipinski definition) is 0. The molecule has 0 aliphatic carbocycles. The van der Waals surface area contributed by atoms with Crippen LogP contribution < -0.4 is 4.74 Å². The summed E-state index contributed by atoms with van der Waals surface area (Å²) in [6, 6.07) is 21.7. The van der Waals surface area contributed by atoms with Gasteiger partial charge in [-0.25, -0.2) is 8.78 Å². The first kappa shape index (κ1) is 25.2. The molecule has 0 unspecified atom stereocenters. The number of unbranched alkanes of at least 4 members (excludes halogenated alkanes) is 4. The molecule has 0 spiro atoms. The smallest absolute Gasteiger partial charge is 0.134 e. The summed E-state index contributed by atoms with van der Waals surface area (Å²) in [4.78, 5) is 0. The molecule has 0 amide bonds. The quantitative estimate of drug-likeness (QED) is 0.189. The van der Waals surface area contributed by atoms with E-state index in [0.717, 1.165) is 35.8 Å². The minimum absolute atomic E-state index is 0.217. The molecule has 0 bridgehead atoms. The Morgan fingerprint density at radius 3 is 2.34 bits per heavy atom. The minimum Gasteiger partial charge on any atom is -0.493 e. The summed E-state index contributed by atoms with van der Waals surface area (Å²) in [5, 5.41) is 1.99. The van der Waals surface area contributed by atoms with E-state index >= 15 is 4.39 Å². The Labute approximate surface area is 211 Å². The van der Waals surface area contributed by atoms with Gasteiger partial charge in [0, 0.05) is 22.0 Å². The zero-order chi connectivity index (χ0) is 24.6. The van der Waals surface area contributed by atoms with Gasteiger partial charge in [0.25, 0.3) is 0 Å². The largest absolute Gasteiger partial charge is 0.493 e. The van der Waals surface area contributed by atoms with E-state index in [0.29, 0.717) is 40.3 Å². The molecule has 4 rings (SSSR count). The van der Waals surface area contributed by atoms with Crippen molar-refractivity contribution in [3.63, 3.8) is 0 Å². The van der Waals surface area contributed by atoms with E-state index in [2.05, 4.69) is 6.92 Å². The van der Waals surface area contributed by atoms with Crippen molar-refractivity contribution in [2.24, 2.45) is 0 Å². The Kier molecular flexibility index (Phi) is 8.76. The fourth-order valence-corrected chi connectivity index (χ4v) is 4.47. The van der Waals surface area contributed by atoms with Gasteiger partial charge in [-0.2, -0.15) is 0 Å². The molecule has 35 heavy (non-hydrogen) atoms. The SMILES string of the molecule is CCCCCCCOc1ccc(-c2ccc3c(F)c(CCc4ccc(Cl)cc4)ccc3c2)c(F)c1. The van der Waals surface area contributed by atoms with Gasteiger partial charge in [0.1, 0.15) is 17.4 Å². The summed E-state index contributed by atoms with van der Waals surface area (Å²) >= 11 is 5.94. The highest BCUT2D eigenvalue weighted by Crippen LogP contribution is 2.31. The highest BCUT2D eigenvalue weighted by molar-refractivity contribution is 6.30. The van der Waals surface area contributed by atoms with Crippen LogP contribution in [0.5, 0.6) is 5.75 Å². The maximum absolute atomic E-state index is 15.2. The van der Waals surface area contributed by atoms with E-state index in [4.69, 9.17) is 16.3 Å². The number of ether oxygens (including phenoxy) is 1. The van der Waals surface area contributed by atoms with Crippen molar-refractivity contribution in [1.82, 2.24) is 0 Å². The van der Waals surface area contributed by atoms with Crippen molar-refractivity contribution in [2.45, 2.75) is 51.9 Å². The monoisotopic (exact) mass is 492 g/mol. The van der Waals surface area contributed by atoms with Crippen LogP contribution >= 0.6 is 11.6 Å². The van der Waals surface area contributed by atoms with Crippen molar-refractivity contribution >= 4 is 22.4 Å². The van der Waals surface area contributed by atoms with E-state index in [9.17, 15) is 4.39 Å². The highest BCUT2D eigenvalue weighted by Gasteiger charge is 2.12. The molecule has 0 saturated heterocycles. The average Bonchev–Trinajstić information content (AvgIpc) is 2.86. The third-order valence-corrected chi connectivity index (χ3v) is 6.65. The van der Waals surface area contributed by atoms with Crippen LogP contribution in [0.1, 0.15) is 50.2 Å². The van der Waals surface area contributed by atoms with Crippen LogP contribution in [0, 0.1) is 11.6 Å². The van der Waals surface area contributed by atoms with Crippen LogP contribution in [0.2, 0.25) is 5.02 Å². The molecule has 4 aromatic carbocycles. The number of halogens is 3. The Morgan fingerprint density at radius 2 is 1.57 bits per heavy atom. The minimum atomic E-state index is -0.340. The predicted octanol–water partition coefficient (Wildman–Crippen LogP) is 9.57. The number of rotatable bonds is 11. The van der Waals surface area contributed by atoms with Gasteiger partial charge in [0.05, 0.1) is 6.61 Å². The van der Waals surface area contributed by atoms with Gasteiger partial charge in [-0.05, 0) is 71.7 Å². The highest BCUT2D eigenvalue weighted by atomic mass is 35.5. The second-order valence-corrected chi connectivity index (χ2v) is 9.44.